The summed E-state index contributed by atoms with van der Waals surface area (Å²) in [7, 11) is 0. The van der Waals surface area contributed by atoms with Crippen molar-refractivity contribution in [2.45, 2.75) is 0 Å². The molecule has 69 heavy (non-hydrogen) atoms. The summed E-state index contributed by atoms with van der Waals surface area (Å²) in [5, 5.41) is 15.0. The first-order valence-electron chi connectivity index (χ1n) is 23.3. The lowest BCUT2D eigenvalue weighted by Crippen LogP contribution is -2.00. The molecule has 0 saturated heterocycles. The molecular weight excluding hydrogens is 877 g/mol. The fourth-order valence-corrected chi connectivity index (χ4v) is 13.5. The predicted molar refractivity (Wildman–Crippen MR) is 294 cm³/mol. The zero-order valence-corrected chi connectivity index (χ0v) is 38.5. The highest BCUT2D eigenvalue weighted by Crippen LogP contribution is 2.48. The van der Waals surface area contributed by atoms with E-state index in [9.17, 15) is 0 Å². The van der Waals surface area contributed by atoms with E-state index in [-0.39, 0.29) is 0 Å². The normalized spacial score (nSPS) is 12.1. The maximum absolute atomic E-state index is 5.13. The van der Waals surface area contributed by atoms with E-state index in [1.54, 1.807) is 0 Å². The van der Waals surface area contributed by atoms with Gasteiger partial charge in [0.1, 0.15) is 0 Å². The molecule has 11 aromatic carbocycles. The molecule has 0 N–H and O–H groups in total. The molecule has 0 bridgehead atoms. The molecule has 0 radical (unpaired) electrons. The lowest BCUT2D eigenvalue weighted by Gasteiger charge is -2.15. The molecule has 0 unspecified atom stereocenters. The van der Waals surface area contributed by atoms with E-state index < -0.39 is 0 Å². The molecule has 4 heterocycles. The van der Waals surface area contributed by atoms with Gasteiger partial charge in [-0.2, -0.15) is 0 Å². The molecule has 15 aromatic rings. The second kappa shape index (κ2) is 15.0. The van der Waals surface area contributed by atoms with Crippen molar-refractivity contribution < 1.29 is 0 Å². The van der Waals surface area contributed by atoms with Gasteiger partial charge in [-0.05, 0) is 85.9 Å². The van der Waals surface area contributed by atoms with Crippen LogP contribution in [0.1, 0.15) is 0 Å². The van der Waals surface area contributed by atoms with E-state index in [0.717, 1.165) is 27.8 Å². The zero-order chi connectivity index (χ0) is 45.2. The number of nitrogens with zero attached hydrogens (tertiary/aromatic N) is 4. The van der Waals surface area contributed by atoms with Crippen molar-refractivity contribution in [3.63, 3.8) is 0 Å². The summed E-state index contributed by atoms with van der Waals surface area (Å²) in [6.45, 7) is 0. The lowest BCUT2D eigenvalue weighted by atomic mass is 9.93. The number of benzene rings is 11. The summed E-state index contributed by atoms with van der Waals surface area (Å²) in [6.07, 6.45) is 0. The average molecular weight is 913 g/mol. The van der Waals surface area contributed by atoms with Gasteiger partial charge in [0.05, 0.1) is 20.4 Å². The Hall–Kier alpha value is -8.55. The van der Waals surface area contributed by atoms with Crippen LogP contribution in [0, 0.1) is 0 Å². The van der Waals surface area contributed by atoms with Crippen LogP contribution in [0.3, 0.4) is 0 Å². The Bertz CT molecular complexity index is 4550. The van der Waals surface area contributed by atoms with Crippen molar-refractivity contribution in [1.29, 1.82) is 0 Å². The van der Waals surface area contributed by atoms with Gasteiger partial charge >= 0.3 is 0 Å². The Morgan fingerprint density at radius 3 is 1.51 bits per heavy atom. The molecule has 0 amide bonds. The molecule has 0 atom stereocenters. The maximum atomic E-state index is 5.13. The third kappa shape index (κ3) is 5.89. The molecule has 0 saturated carbocycles. The van der Waals surface area contributed by atoms with Crippen LogP contribution in [0.5, 0.6) is 0 Å². The summed E-state index contributed by atoms with van der Waals surface area (Å²) in [6, 6.07) is 79.0. The van der Waals surface area contributed by atoms with Crippen LogP contribution >= 0.6 is 22.7 Å². The quantitative estimate of drug-likeness (QED) is 0.162. The number of para-hydroxylation sites is 1. The van der Waals surface area contributed by atoms with Crippen molar-refractivity contribution in [2.24, 2.45) is 0 Å². The minimum Gasteiger partial charge on any atom is -0.309 e. The molecule has 0 aliphatic heterocycles. The Morgan fingerprint density at radius 2 is 0.768 bits per heavy atom. The number of aromatic nitrogens is 4. The van der Waals surface area contributed by atoms with Gasteiger partial charge in [-0.15, -0.1) is 22.7 Å². The van der Waals surface area contributed by atoms with E-state index in [2.05, 4.69) is 187 Å². The van der Waals surface area contributed by atoms with E-state index in [4.69, 9.17) is 15.0 Å². The van der Waals surface area contributed by atoms with Gasteiger partial charge in [0.15, 0.2) is 17.5 Å². The van der Waals surface area contributed by atoms with Gasteiger partial charge < -0.3 is 4.57 Å². The predicted octanol–water partition coefficient (Wildman–Crippen LogP) is 17.8. The first kappa shape index (κ1) is 38.5. The fourth-order valence-electron chi connectivity index (χ4n) is 10.8. The van der Waals surface area contributed by atoms with Crippen LogP contribution in [-0.4, -0.2) is 19.5 Å². The van der Waals surface area contributed by atoms with E-state index >= 15 is 0 Å². The first-order chi connectivity index (χ1) is 34.2. The van der Waals surface area contributed by atoms with Crippen LogP contribution < -0.4 is 0 Å². The highest BCUT2D eigenvalue weighted by atomic mass is 32.1. The molecule has 0 spiro atoms. The van der Waals surface area contributed by atoms with Crippen molar-refractivity contribution >= 4 is 117 Å². The number of fused-ring (bicyclic) bond motifs is 16. The van der Waals surface area contributed by atoms with E-state index in [1.165, 1.54) is 100 Å². The number of hydrogen-bond acceptors (Lipinski definition) is 5. The zero-order valence-electron chi connectivity index (χ0n) is 36.9. The van der Waals surface area contributed by atoms with Gasteiger partial charge in [-0.25, -0.2) is 15.0 Å². The highest BCUT2D eigenvalue weighted by Gasteiger charge is 2.20. The minimum atomic E-state index is 0.639. The lowest BCUT2D eigenvalue weighted by molar-refractivity contribution is 1.07. The van der Waals surface area contributed by atoms with Crippen molar-refractivity contribution in [2.75, 3.05) is 0 Å². The van der Waals surface area contributed by atoms with Crippen LogP contribution in [0.15, 0.2) is 218 Å². The second-order valence-electron chi connectivity index (χ2n) is 17.9. The molecule has 4 nitrogen and oxygen atoms in total. The SMILES string of the molecule is c1ccc(-c2nc(-c3ccccc3)nc(-c3ccc4c5ccccc5c5ccc(-n6c7ccccc7c7cc(-c8cccc9c8sc8c9ccc9c%10ccccc%10sc98)ccc76)cc5c4c3)n2)cc1. The fraction of sp³-hybridized carbons (Fsp3) is 0. The molecule has 15 rings (SSSR count). The third-order valence-electron chi connectivity index (χ3n) is 14.0. The van der Waals surface area contributed by atoms with Crippen LogP contribution in [0.25, 0.3) is 145 Å². The largest absolute Gasteiger partial charge is 0.309 e. The summed E-state index contributed by atoms with van der Waals surface area (Å²) in [5.41, 5.74) is 8.79. The van der Waals surface area contributed by atoms with Crippen molar-refractivity contribution in [3.05, 3.63) is 218 Å². The number of rotatable bonds is 5. The standard InChI is InChI=1S/C63H36N4S2/c1-3-14-37(15-4-1)61-64-62(38-16-5-2-6-17-38)66-63(65-61)40-26-29-45-43-18-7-8-19-44(43)46-30-28-41(36-53(46)52(45)35-40)67-55-24-11-9-20-47(55)54-34-39(27-33-56(54)67)42-22-13-23-49-51-32-31-50-48-21-10-12-25-57(48)68-59(50)60(51)69-58(42)49/h1-36H. The smallest absolute Gasteiger partial charge is 0.164 e. The molecule has 0 aliphatic rings. The van der Waals surface area contributed by atoms with E-state index in [0.29, 0.717) is 17.5 Å². The molecular formula is C63H36N4S2. The van der Waals surface area contributed by atoms with Crippen molar-refractivity contribution in [3.8, 4) is 51.0 Å². The van der Waals surface area contributed by atoms with Gasteiger partial charge in [0.25, 0.3) is 0 Å². The monoisotopic (exact) mass is 912 g/mol. The Morgan fingerprint density at radius 1 is 0.275 bits per heavy atom. The number of hydrogen-bond donors (Lipinski definition) is 0. The molecule has 0 fully saturated rings. The number of thiophene rings is 2. The first-order valence-corrected chi connectivity index (χ1v) is 24.9. The Balaban J connectivity index is 0.920. The molecule has 320 valence electrons. The summed E-state index contributed by atoms with van der Waals surface area (Å²) >= 11 is 3.85. The molecule has 0 aliphatic carbocycles. The van der Waals surface area contributed by atoms with Crippen LogP contribution in [-0.2, 0) is 0 Å². The average Bonchev–Trinajstić information content (AvgIpc) is 4.11. The Kier molecular flexibility index (Phi) is 8.37. The summed E-state index contributed by atoms with van der Waals surface area (Å²) < 4.78 is 7.87. The van der Waals surface area contributed by atoms with Gasteiger partial charge in [0.2, 0.25) is 0 Å². The Labute approximate surface area is 403 Å². The summed E-state index contributed by atoms with van der Waals surface area (Å²) in [5.74, 6) is 1.93. The molecule has 4 aromatic heterocycles. The van der Waals surface area contributed by atoms with Gasteiger partial charge in [-0.1, -0.05) is 176 Å². The van der Waals surface area contributed by atoms with Gasteiger partial charge in [0, 0.05) is 64.1 Å². The summed E-state index contributed by atoms with van der Waals surface area (Å²) in [4.78, 5) is 15.2. The van der Waals surface area contributed by atoms with Crippen LogP contribution in [0.4, 0.5) is 0 Å². The second-order valence-corrected chi connectivity index (χ2v) is 19.9. The third-order valence-corrected chi connectivity index (χ3v) is 16.6. The molecule has 6 heteroatoms. The maximum Gasteiger partial charge on any atom is 0.164 e. The van der Waals surface area contributed by atoms with Gasteiger partial charge in [-0.3, -0.25) is 0 Å². The van der Waals surface area contributed by atoms with Crippen molar-refractivity contribution in [1.82, 2.24) is 19.5 Å². The minimum absolute atomic E-state index is 0.639. The van der Waals surface area contributed by atoms with Crippen LogP contribution in [0.2, 0.25) is 0 Å². The topological polar surface area (TPSA) is 43.6 Å². The van der Waals surface area contributed by atoms with E-state index in [1.807, 2.05) is 59.1 Å². The highest BCUT2D eigenvalue weighted by molar-refractivity contribution is 7.33.